The fraction of sp³-hybridized carbons (Fsp3) is 0. The monoisotopic (exact) mass is 736 g/mol. The number of fused-ring (bicyclic) bond motifs is 2. The molecule has 2 aromatic heterocycles. The molecule has 0 unspecified atom stereocenters. The topological polar surface area (TPSA) is 51.6 Å². The van der Waals surface area contributed by atoms with Crippen molar-refractivity contribution in [2.75, 3.05) is 0 Å². The lowest BCUT2D eigenvalue weighted by molar-refractivity contribution is 1.07. The second-order valence-electron chi connectivity index (χ2n) is 15.0. The van der Waals surface area contributed by atoms with Crippen LogP contribution < -0.4 is 0 Å². The zero-order valence-corrected chi connectivity index (χ0v) is 31.3. The molecule has 0 aliphatic heterocycles. The molecule has 2 heterocycles. The second kappa shape index (κ2) is 12.9. The Morgan fingerprint density at radius 3 is 1.28 bits per heavy atom. The van der Waals surface area contributed by atoms with Crippen molar-refractivity contribution in [1.29, 1.82) is 0 Å². The van der Waals surface area contributed by atoms with Crippen LogP contribution in [0.1, 0.15) is 0 Å². The van der Waals surface area contributed by atoms with Crippen LogP contribution in [0, 0.1) is 0 Å². The highest BCUT2D eigenvalue weighted by atomic mass is 15.0. The van der Waals surface area contributed by atoms with Crippen LogP contribution in [0.5, 0.6) is 0 Å². The maximum atomic E-state index is 5.31. The molecule has 0 saturated heterocycles. The van der Waals surface area contributed by atoms with Crippen LogP contribution in [-0.2, 0) is 0 Å². The summed E-state index contributed by atoms with van der Waals surface area (Å²) in [5, 5.41) is 14.8. The minimum atomic E-state index is 0.611. The third-order valence-electron chi connectivity index (χ3n) is 11.7. The fourth-order valence-corrected chi connectivity index (χ4v) is 9.02. The predicted molar refractivity (Wildman–Crippen MR) is 241 cm³/mol. The first kappa shape index (κ1) is 32.4. The third kappa shape index (κ3) is 5.16. The van der Waals surface area contributed by atoms with Crippen molar-refractivity contribution in [1.82, 2.24) is 19.9 Å². The Hall–Kier alpha value is -7.82. The molecule has 268 valence electrons. The van der Waals surface area contributed by atoms with E-state index in [-0.39, 0.29) is 0 Å². The maximum Gasteiger partial charge on any atom is 0.164 e. The van der Waals surface area contributed by atoms with Crippen LogP contribution >= 0.6 is 0 Å². The van der Waals surface area contributed by atoms with Crippen molar-refractivity contribution in [3.05, 3.63) is 194 Å². The molecule has 4 nitrogen and oxygen atoms in total. The van der Waals surface area contributed by atoms with E-state index in [0.29, 0.717) is 17.5 Å². The average molecular weight is 737 g/mol. The van der Waals surface area contributed by atoms with E-state index >= 15 is 0 Å². The van der Waals surface area contributed by atoms with Crippen molar-refractivity contribution in [2.45, 2.75) is 0 Å². The van der Waals surface area contributed by atoms with Gasteiger partial charge in [-0.05, 0) is 112 Å². The van der Waals surface area contributed by atoms with E-state index in [1.54, 1.807) is 6.20 Å². The van der Waals surface area contributed by atoms with Crippen LogP contribution in [0.3, 0.4) is 0 Å². The Morgan fingerprint density at radius 2 is 0.707 bits per heavy atom. The molecule has 4 heteroatoms. The van der Waals surface area contributed by atoms with Crippen molar-refractivity contribution >= 4 is 64.6 Å². The summed E-state index contributed by atoms with van der Waals surface area (Å²) in [5.41, 5.74) is 7.09. The maximum absolute atomic E-state index is 5.31. The van der Waals surface area contributed by atoms with Crippen LogP contribution in [0.4, 0.5) is 0 Å². The predicted octanol–water partition coefficient (Wildman–Crippen LogP) is 14.0. The van der Waals surface area contributed by atoms with Gasteiger partial charge in [0.05, 0.1) is 0 Å². The molecule has 0 atom stereocenters. The van der Waals surface area contributed by atoms with Gasteiger partial charge < -0.3 is 0 Å². The number of hydrogen-bond donors (Lipinski definition) is 0. The zero-order valence-electron chi connectivity index (χ0n) is 31.3. The van der Waals surface area contributed by atoms with Crippen molar-refractivity contribution in [3.63, 3.8) is 0 Å². The highest BCUT2D eigenvalue weighted by Gasteiger charge is 2.19. The highest BCUT2D eigenvalue weighted by Crippen LogP contribution is 2.44. The molecule has 58 heavy (non-hydrogen) atoms. The van der Waals surface area contributed by atoms with E-state index in [1.165, 1.54) is 59.2 Å². The number of hydrogen-bond acceptors (Lipinski definition) is 4. The molecule has 0 spiro atoms. The van der Waals surface area contributed by atoms with Gasteiger partial charge in [-0.3, -0.25) is 4.98 Å². The SMILES string of the molecule is c1ccc(-c2cccc(-c3nc(-c4cccc(-c5cccnc5)c4)nc(-c4cc5ccc6cccc7c8cccc9ccc%10cccc(c(c4)c5c67)c%10c98)n3)c2)cc1. The summed E-state index contributed by atoms with van der Waals surface area (Å²) in [6.45, 7) is 0. The average Bonchev–Trinajstić information content (AvgIpc) is 3.30. The molecule has 0 bridgehead atoms. The van der Waals surface area contributed by atoms with Crippen molar-refractivity contribution < 1.29 is 0 Å². The van der Waals surface area contributed by atoms with Crippen molar-refractivity contribution in [3.8, 4) is 56.4 Å². The van der Waals surface area contributed by atoms with Gasteiger partial charge in [-0.25, -0.2) is 15.0 Å². The minimum Gasteiger partial charge on any atom is -0.264 e. The van der Waals surface area contributed by atoms with Gasteiger partial charge in [0.1, 0.15) is 0 Å². The lowest BCUT2D eigenvalue weighted by Crippen LogP contribution is -2.01. The zero-order chi connectivity index (χ0) is 38.2. The number of rotatable bonds is 5. The fourth-order valence-electron chi connectivity index (χ4n) is 9.02. The molecule has 0 fully saturated rings. The number of benzene rings is 9. The molecule has 0 aliphatic carbocycles. The molecule has 0 aliphatic rings. The first-order valence-corrected chi connectivity index (χ1v) is 19.6. The van der Waals surface area contributed by atoms with E-state index in [0.717, 1.165) is 44.3 Å². The third-order valence-corrected chi connectivity index (χ3v) is 11.7. The Bertz CT molecular complexity index is 3450. The molecule has 0 saturated carbocycles. The summed E-state index contributed by atoms with van der Waals surface area (Å²) in [4.78, 5) is 20.2. The van der Waals surface area contributed by atoms with Crippen LogP contribution in [0.2, 0.25) is 0 Å². The minimum absolute atomic E-state index is 0.611. The first-order chi connectivity index (χ1) is 28.7. The van der Waals surface area contributed by atoms with Gasteiger partial charge in [0.25, 0.3) is 0 Å². The summed E-state index contributed by atoms with van der Waals surface area (Å²) >= 11 is 0. The molecular weight excluding hydrogens is 705 g/mol. The molecule has 10 aromatic carbocycles. The Labute approximate surface area is 334 Å². The van der Waals surface area contributed by atoms with Gasteiger partial charge in [0.15, 0.2) is 17.5 Å². The summed E-state index contributed by atoms with van der Waals surface area (Å²) in [7, 11) is 0. The van der Waals surface area contributed by atoms with Crippen LogP contribution in [0.25, 0.3) is 121 Å². The van der Waals surface area contributed by atoms with Crippen LogP contribution in [0.15, 0.2) is 194 Å². The largest absolute Gasteiger partial charge is 0.264 e. The second-order valence-corrected chi connectivity index (χ2v) is 15.0. The molecule has 12 aromatic rings. The Morgan fingerprint density at radius 1 is 0.259 bits per heavy atom. The van der Waals surface area contributed by atoms with Crippen molar-refractivity contribution in [2.24, 2.45) is 0 Å². The molecule has 12 rings (SSSR count). The Kier molecular flexibility index (Phi) is 7.20. The molecule has 0 N–H and O–H groups in total. The van der Waals surface area contributed by atoms with Gasteiger partial charge in [-0.1, -0.05) is 152 Å². The summed E-state index contributed by atoms with van der Waals surface area (Å²) in [6, 6.07) is 65.1. The van der Waals surface area contributed by atoms with Gasteiger partial charge in [0, 0.05) is 34.6 Å². The van der Waals surface area contributed by atoms with E-state index in [4.69, 9.17) is 15.0 Å². The lowest BCUT2D eigenvalue weighted by atomic mass is 9.87. The number of pyridine rings is 1. The quantitative estimate of drug-likeness (QED) is 0.165. The Balaban J connectivity index is 1.17. The summed E-state index contributed by atoms with van der Waals surface area (Å²) in [5.74, 6) is 1.85. The van der Waals surface area contributed by atoms with Gasteiger partial charge in [-0.2, -0.15) is 0 Å². The number of nitrogens with zero attached hydrogens (tertiary/aromatic N) is 4. The highest BCUT2D eigenvalue weighted by molar-refractivity contribution is 6.37. The van der Waals surface area contributed by atoms with Gasteiger partial charge in [0.2, 0.25) is 0 Å². The van der Waals surface area contributed by atoms with Crippen LogP contribution in [-0.4, -0.2) is 19.9 Å². The summed E-state index contributed by atoms with van der Waals surface area (Å²) < 4.78 is 0. The van der Waals surface area contributed by atoms with E-state index in [2.05, 4.69) is 175 Å². The number of aromatic nitrogens is 4. The van der Waals surface area contributed by atoms with Gasteiger partial charge in [-0.15, -0.1) is 0 Å². The van der Waals surface area contributed by atoms with E-state index in [9.17, 15) is 0 Å². The van der Waals surface area contributed by atoms with Gasteiger partial charge >= 0.3 is 0 Å². The molecule has 0 amide bonds. The van der Waals surface area contributed by atoms with E-state index < -0.39 is 0 Å². The van der Waals surface area contributed by atoms with E-state index in [1.807, 2.05) is 18.3 Å². The normalized spacial score (nSPS) is 11.8. The lowest BCUT2D eigenvalue weighted by Gasteiger charge is -2.17. The standard InChI is InChI=1S/C54H32N4/c1-2-10-33(11-3-1)37-15-4-17-40(28-37)52-56-53(41-18-5-16-38(29-41)42-19-9-27-55-32-42)58-54(57-52)43-30-39-26-25-36-13-7-21-45-44-20-6-12-34-23-24-35-14-8-22-46(50(35)48(34)44)47(31-43)51(39)49(36)45/h1-32H. The smallest absolute Gasteiger partial charge is 0.164 e. The molecular formula is C54H32N4. The molecule has 0 radical (unpaired) electrons. The summed E-state index contributed by atoms with van der Waals surface area (Å²) in [6.07, 6.45) is 3.68. The first-order valence-electron chi connectivity index (χ1n) is 19.6.